The molecule has 1 aromatic carbocycles. The van der Waals surface area contributed by atoms with Gasteiger partial charge < -0.3 is 4.57 Å². The lowest BCUT2D eigenvalue weighted by molar-refractivity contribution is 0.144. The summed E-state index contributed by atoms with van der Waals surface area (Å²) < 4.78 is 32.1. The Morgan fingerprint density at radius 3 is 2.44 bits per heavy atom. The lowest BCUT2D eigenvalue weighted by Gasteiger charge is -2.33. The third kappa shape index (κ3) is 3.73. The van der Waals surface area contributed by atoms with Gasteiger partial charge in [0.15, 0.2) is 4.77 Å². The van der Waals surface area contributed by atoms with Crippen molar-refractivity contribution in [2.45, 2.75) is 44.3 Å². The highest BCUT2D eigenvalue weighted by Crippen LogP contribution is 2.34. The third-order valence-electron chi connectivity index (χ3n) is 5.48. The van der Waals surface area contributed by atoms with Crippen molar-refractivity contribution in [2.75, 3.05) is 26.2 Å². The Kier molecular flexibility index (Phi) is 4.96. The van der Waals surface area contributed by atoms with Crippen molar-refractivity contribution in [1.29, 1.82) is 0 Å². The molecule has 1 aromatic heterocycles. The van der Waals surface area contributed by atoms with Gasteiger partial charge >= 0.3 is 0 Å². The molecule has 2 fully saturated rings. The molecule has 2 aliphatic rings. The first kappa shape index (κ1) is 18.8. The minimum atomic E-state index is -3.45. The van der Waals surface area contributed by atoms with Gasteiger partial charge in [0.1, 0.15) is 6.33 Å². The predicted octanol–water partition coefficient (Wildman–Crippen LogP) is 2.33. The van der Waals surface area contributed by atoms with E-state index in [0.29, 0.717) is 43.8 Å². The average molecular weight is 408 g/mol. The van der Waals surface area contributed by atoms with E-state index in [4.69, 9.17) is 12.2 Å². The van der Waals surface area contributed by atoms with Gasteiger partial charge in [-0.2, -0.15) is 9.40 Å². The molecule has 2 aromatic rings. The monoisotopic (exact) mass is 407 g/mol. The largest absolute Gasteiger partial charge is 0.303 e. The molecule has 2 heterocycles. The van der Waals surface area contributed by atoms with Crippen LogP contribution >= 0.6 is 12.2 Å². The molecule has 1 saturated carbocycles. The Hall–Kier alpha value is -1.55. The number of hydrogen-bond acceptors (Lipinski definition) is 5. The van der Waals surface area contributed by atoms with Crippen molar-refractivity contribution >= 4 is 22.2 Å². The maximum Gasteiger partial charge on any atom is 0.243 e. The van der Waals surface area contributed by atoms with Crippen molar-refractivity contribution in [3.05, 3.63) is 40.4 Å². The Morgan fingerprint density at radius 2 is 1.81 bits per heavy atom. The first-order valence-corrected chi connectivity index (χ1v) is 11.1. The first-order chi connectivity index (χ1) is 12.9. The number of aromatic nitrogens is 3. The Balaban J connectivity index is 1.41. The van der Waals surface area contributed by atoms with E-state index in [1.54, 1.807) is 16.4 Å². The van der Waals surface area contributed by atoms with Crippen molar-refractivity contribution in [2.24, 2.45) is 0 Å². The van der Waals surface area contributed by atoms with Crippen LogP contribution in [-0.4, -0.2) is 58.1 Å². The third-order valence-corrected chi connectivity index (χ3v) is 7.79. The summed E-state index contributed by atoms with van der Waals surface area (Å²) in [6.45, 7) is 6.83. The van der Waals surface area contributed by atoms with Gasteiger partial charge in [-0.25, -0.2) is 13.1 Å². The number of sulfonamides is 1. The van der Waals surface area contributed by atoms with Crippen molar-refractivity contribution in [1.82, 2.24) is 23.6 Å². The van der Waals surface area contributed by atoms with Crippen LogP contribution in [0.4, 0.5) is 0 Å². The van der Waals surface area contributed by atoms with Crippen LogP contribution in [0.15, 0.2) is 29.4 Å². The molecule has 0 N–H and O–H groups in total. The highest BCUT2D eigenvalue weighted by Gasteiger charge is 2.29. The van der Waals surface area contributed by atoms with E-state index in [1.165, 1.54) is 12.8 Å². The van der Waals surface area contributed by atoms with Crippen LogP contribution in [0.3, 0.4) is 0 Å². The fraction of sp³-hybridized carbons (Fsp3) is 0.556. The molecule has 1 aliphatic heterocycles. The first-order valence-electron chi connectivity index (χ1n) is 9.30. The van der Waals surface area contributed by atoms with Crippen LogP contribution in [0.2, 0.25) is 0 Å². The van der Waals surface area contributed by atoms with Gasteiger partial charge in [-0.1, -0.05) is 6.07 Å². The summed E-state index contributed by atoms with van der Waals surface area (Å²) >= 11 is 5.51. The number of hydrogen-bond donors (Lipinski definition) is 0. The van der Waals surface area contributed by atoms with E-state index in [1.807, 2.05) is 30.9 Å². The maximum absolute atomic E-state index is 12.9. The second kappa shape index (κ2) is 7.12. The lowest BCUT2D eigenvalue weighted by atomic mass is 10.1. The molecule has 0 bridgehead atoms. The van der Waals surface area contributed by atoms with Crippen molar-refractivity contribution < 1.29 is 8.42 Å². The number of nitrogens with zero attached hydrogens (tertiary/aromatic N) is 5. The molecule has 1 saturated heterocycles. The van der Waals surface area contributed by atoms with Gasteiger partial charge in [-0.05, 0) is 62.2 Å². The van der Waals surface area contributed by atoms with E-state index in [0.717, 1.165) is 15.9 Å². The Bertz CT molecular complexity index is 999. The molecule has 7 nitrogen and oxygen atoms in total. The molecule has 0 spiro atoms. The van der Waals surface area contributed by atoms with Crippen LogP contribution in [-0.2, 0) is 16.7 Å². The lowest BCUT2D eigenvalue weighted by Crippen LogP contribution is -2.48. The highest BCUT2D eigenvalue weighted by atomic mass is 32.2. The van der Waals surface area contributed by atoms with E-state index >= 15 is 0 Å². The van der Waals surface area contributed by atoms with Crippen molar-refractivity contribution in [3.63, 3.8) is 0 Å². The smallest absolute Gasteiger partial charge is 0.243 e. The summed E-state index contributed by atoms with van der Waals surface area (Å²) in [5.74, 6) is 0. The standard InChI is InChI=1S/C18H25N5O2S2/c1-14-3-6-17(11-15(14)2)27(24,25)21-9-7-20(8-10-21)13-23-18(26)22(12-19-23)16-4-5-16/h3,6,11-12,16H,4-5,7-10,13H2,1-2H3. The minimum Gasteiger partial charge on any atom is -0.303 e. The summed E-state index contributed by atoms with van der Waals surface area (Å²) in [6.07, 6.45) is 4.17. The maximum atomic E-state index is 12.9. The molecular weight excluding hydrogens is 382 g/mol. The van der Waals surface area contributed by atoms with E-state index in [-0.39, 0.29) is 0 Å². The Labute approximate surface area is 165 Å². The van der Waals surface area contributed by atoms with Gasteiger partial charge in [0.05, 0.1) is 11.6 Å². The van der Waals surface area contributed by atoms with Crippen LogP contribution in [0.25, 0.3) is 0 Å². The summed E-state index contributed by atoms with van der Waals surface area (Å²) in [6, 6.07) is 5.86. The van der Waals surface area contributed by atoms with Gasteiger partial charge in [-0.3, -0.25) is 4.90 Å². The topological polar surface area (TPSA) is 63.4 Å². The van der Waals surface area contributed by atoms with Crippen LogP contribution < -0.4 is 0 Å². The van der Waals surface area contributed by atoms with Crippen LogP contribution in [0, 0.1) is 18.6 Å². The molecule has 0 amide bonds. The van der Waals surface area contributed by atoms with Gasteiger partial charge in [0.25, 0.3) is 0 Å². The zero-order valence-corrected chi connectivity index (χ0v) is 17.3. The fourth-order valence-corrected chi connectivity index (χ4v) is 5.18. The van der Waals surface area contributed by atoms with E-state index in [2.05, 4.69) is 14.6 Å². The fourth-order valence-electron chi connectivity index (χ4n) is 3.37. The van der Waals surface area contributed by atoms with Gasteiger partial charge in [0, 0.05) is 32.2 Å². The average Bonchev–Trinajstić information content (AvgIpc) is 3.43. The second-order valence-electron chi connectivity index (χ2n) is 7.46. The van der Waals surface area contributed by atoms with Crippen molar-refractivity contribution in [3.8, 4) is 0 Å². The number of benzene rings is 1. The van der Waals surface area contributed by atoms with E-state index < -0.39 is 10.0 Å². The SMILES string of the molecule is Cc1ccc(S(=O)(=O)N2CCN(Cn3ncn(C4CC4)c3=S)CC2)cc1C. The summed E-state index contributed by atoms with van der Waals surface area (Å²) in [5.41, 5.74) is 2.09. The van der Waals surface area contributed by atoms with Crippen LogP contribution in [0.1, 0.15) is 30.0 Å². The van der Waals surface area contributed by atoms with Gasteiger partial charge in [0.2, 0.25) is 10.0 Å². The number of aryl methyl sites for hydroxylation is 2. The van der Waals surface area contributed by atoms with Crippen LogP contribution in [0.5, 0.6) is 0 Å². The quantitative estimate of drug-likeness (QED) is 0.712. The minimum absolute atomic E-state index is 0.379. The number of piperazine rings is 1. The molecule has 4 rings (SSSR count). The number of rotatable bonds is 5. The summed E-state index contributed by atoms with van der Waals surface area (Å²) in [5, 5.41) is 4.41. The zero-order valence-electron chi connectivity index (χ0n) is 15.7. The molecule has 9 heteroatoms. The molecular formula is C18H25N5O2S2. The molecule has 27 heavy (non-hydrogen) atoms. The van der Waals surface area contributed by atoms with E-state index in [9.17, 15) is 8.42 Å². The predicted molar refractivity (Wildman–Crippen MR) is 106 cm³/mol. The zero-order chi connectivity index (χ0) is 19.2. The summed E-state index contributed by atoms with van der Waals surface area (Å²) in [7, 11) is -3.45. The molecule has 146 valence electrons. The second-order valence-corrected chi connectivity index (χ2v) is 9.76. The summed E-state index contributed by atoms with van der Waals surface area (Å²) in [4.78, 5) is 2.58. The normalized spacial score (nSPS) is 19.5. The molecule has 0 radical (unpaired) electrons. The Morgan fingerprint density at radius 1 is 1.11 bits per heavy atom. The highest BCUT2D eigenvalue weighted by molar-refractivity contribution is 7.89. The molecule has 0 unspecified atom stereocenters. The molecule has 0 atom stereocenters. The molecule has 1 aliphatic carbocycles. The van der Waals surface area contributed by atoms with Gasteiger partial charge in [-0.15, -0.1) is 0 Å².